The first-order chi connectivity index (χ1) is 6.52. The summed E-state index contributed by atoms with van der Waals surface area (Å²) in [6.07, 6.45) is 0. The lowest BCUT2D eigenvalue weighted by molar-refractivity contribution is 0.593. The number of allylic oxidation sites excluding steroid dienone is 1. The maximum Gasteiger partial charge on any atom is 0.0361 e. The minimum Gasteiger partial charge on any atom is -0.378 e. The lowest BCUT2D eigenvalue weighted by Crippen LogP contribution is -2.08. The first-order valence-corrected chi connectivity index (χ1v) is 4.65. The van der Waals surface area contributed by atoms with E-state index in [0.29, 0.717) is 0 Å². The summed E-state index contributed by atoms with van der Waals surface area (Å²) in [7, 11) is 3.99. The third-order valence-electron chi connectivity index (χ3n) is 2.25. The van der Waals surface area contributed by atoms with Gasteiger partial charge in [0.05, 0.1) is 0 Å². The van der Waals surface area contributed by atoms with Gasteiger partial charge in [0, 0.05) is 19.8 Å². The fourth-order valence-electron chi connectivity index (χ4n) is 1.21. The van der Waals surface area contributed by atoms with Gasteiger partial charge in [0.15, 0.2) is 0 Å². The molecule has 0 aromatic heterocycles. The first-order valence-electron chi connectivity index (χ1n) is 4.65. The molecule has 0 atom stereocenters. The van der Waals surface area contributed by atoms with Crippen LogP contribution in [0.3, 0.4) is 0 Å². The number of rotatable bonds is 3. The van der Waals surface area contributed by atoms with E-state index in [0.717, 1.165) is 16.8 Å². The summed E-state index contributed by atoms with van der Waals surface area (Å²) < 4.78 is 0. The van der Waals surface area contributed by atoms with Crippen molar-refractivity contribution < 1.29 is 0 Å². The van der Waals surface area contributed by atoms with E-state index in [9.17, 15) is 0 Å². The Morgan fingerprint density at radius 1 is 1.00 bits per heavy atom. The van der Waals surface area contributed by atoms with Gasteiger partial charge in [-0.25, -0.2) is 0 Å². The van der Waals surface area contributed by atoms with Crippen molar-refractivity contribution in [2.45, 2.75) is 6.92 Å². The topological polar surface area (TPSA) is 3.24 Å². The van der Waals surface area contributed by atoms with Crippen molar-refractivity contribution in [1.29, 1.82) is 0 Å². The molecule has 0 aliphatic heterocycles. The predicted molar refractivity (Wildman–Crippen MR) is 63.9 cm³/mol. The molecule has 0 amide bonds. The highest BCUT2D eigenvalue weighted by atomic mass is 15.1. The molecule has 0 heterocycles. The zero-order chi connectivity index (χ0) is 10.7. The van der Waals surface area contributed by atoms with Crippen LogP contribution in [0.1, 0.15) is 18.1 Å². The average molecular weight is 187 g/mol. The van der Waals surface area contributed by atoms with Gasteiger partial charge in [0.2, 0.25) is 0 Å². The van der Waals surface area contributed by atoms with E-state index in [2.05, 4.69) is 37.4 Å². The lowest BCUT2D eigenvalue weighted by atomic mass is 10.1. The Hall–Kier alpha value is -1.50. The summed E-state index contributed by atoms with van der Waals surface area (Å²) >= 11 is 0. The molecule has 1 nitrogen and oxygen atoms in total. The molecule has 1 aromatic rings. The minimum atomic E-state index is 1.03. The molecule has 0 unspecified atom stereocenters. The van der Waals surface area contributed by atoms with E-state index in [4.69, 9.17) is 0 Å². The Morgan fingerprint density at radius 2 is 1.43 bits per heavy atom. The minimum absolute atomic E-state index is 1.03. The van der Waals surface area contributed by atoms with Crippen molar-refractivity contribution in [3.63, 3.8) is 0 Å². The van der Waals surface area contributed by atoms with Crippen LogP contribution in [-0.4, -0.2) is 19.0 Å². The van der Waals surface area contributed by atoms with Crippen LogP contribution in [0.2, 0.25) is 0 Å². The highest BCUT2D eigenvalue weighted by Gasteiger charge is 2.00. The zero-order valence-corrected chi connectivity index (χ0v) is 9.17. The Balaban J connectivity index is 2.94. The van der Waals surface area contributed by atoms with Crippen LogP contribution in [0.4, 0.5) is 0 Å². The summed E-state index contributed by atoms with van der Waals surface area (Å²) in [4.78, 5) is 2.01. The van der Waals surface area contributed by atoms with Crippen LogP contribution >= 0.6 is 0 Å². The van der Waals surface area contributed by atoms with Crippen molar-refractivity contribution in [2.75, 3.05) is 14.1 Å². The van der Waals surface area contributed by atoms with Crippen LogP contribution < -0.4 is 0 Å². The number of benzene rings is 1. The standard InChI is InChI=1S/C13H17N/c1-10(2)12-6-8-13(9-7-12)11(3)14(4)5/h6-9H,1,3H2,2,4-5H3. The van der Waals surface area contributed by atoms with Gasteiger partial charge < -0.3 is 4.90 Å². The molecule has 0 bridgehead atoms. The van der Waals surface area contributed by atoms with E-state index in [1.54, 1.807) is 0 Å². The monoisotopic (exact) mass is 187 g/mol. The molecule has 14 heavy (non-hydrogen) atoms. The molecule has 74 valence electrons. The molecule has 0 aliphatic rings. The summed E-state index contributed by atoms with van der Waals surface area (Å²) in [5, 5.41) is 0. The highest BCUT2D eigenvalue weighted by Crippen LogP contribution is 2.18. The third-order valence-corrected chi connectivity index (χ3v) is 2.25. The molecule has 0 aliphatic carbocycles. The molecule has 0 fully saturated rings. The van der Waals surface area contributed by atoms with Crippen molar-refractivity contribution >= 4 is 11.3 Å². The van der Waals surface area contributed by atoms with Crippen molar-refractivity contribution in [3.05, 3.63) is 48.6 Å². The SMILES string of the molecule is C=C(C)c1ccc(C(=C)N(C)C)cc1. The maximum atomic E-state index is 4.00. The average Bonchev–Trinajstić information content (AvgIpc) is 2.16. The smallest absolute Gasteiger partial charge is 0.0361 e. The molecule has 0 saturated heterocycles. The molecule has 0 saturated carbocycles. The van der Waals surface area contributed by atoms with E-state index < -0.39 is 0 Å². The van der Waals surface area contributed by atoms with Crippen molar-refractivity contribution in [1.82, 2.24) is 4.90 Å². The van der Waals surface area contributed by atoms with Gasteiger partial charge in [-0.05, 0) is 18.1 Å². The Morgan fingerprint density at radius 3 is 1.79 bits per heavy atom. The predicted octanol–water partition coefficient (Wildman–Crippen LogP) is 3.25. The van der Waals surface area contributed by atoms with Crippen molar-refractivity contribution in [3.8, 4) is 0 Å². The quantitative estimate of drug-likeness (QED) is 0.702. The summed E-state index contributed by atoms with van der Waals surface area (Å²) in [5.41, 5.74) is 4.45. The van der Waals surface area contributed by atoms with Gasteiger partial charge in [-0.1, -0.05) is 43.0 Å². The van der Waals surface area contributed by atoms with E-state index >= 15 is 0 Å². The molecule has 0 N–H and O–H groups in total. The van der Waals surface area contributed by atoms with Crippen LogP contribution in [-0.2, 0) is 0 Å². The number of nitrogens with zero attached hydrogens (tertiary/aromatic N) is 1. The molecular formula is C13H17N. The van der Waals surface area contributed by atoms with Crippen LogP contribution in [0.5, 0.6) is 0 Å². The molecular weight excluding hydrogens is 170 g/mol. The van der Waals surface area contributed by atoms with Gasteiger partial charge in [-0.2, -0.15) is 0 Å². The number of hydrogen-bond donors (Lipinski definition) is 0. The highest BCUT2D eigenvalue weighted by molar-refractivity contribution is 5.66. The van der Waals surface area contributed by atoms with Crippen molar-refractivity contribution in [2.24, 2.45) is 0 Å². The second kappa shape index (κ2) is 4.14. The fourth-order valence-corrected chi connectivity index (χ4v) is 1.21. The molecule has 1 rings (SSSR count). The Labute approximate surface area is 86.4 Å². The Kier molecular flexibility index (Phi) is 3.13. The second-order valence-electron chi connectivity index (χ2n) is 3.70. The van der Waals surface area contributed by atoms with E-state index in [1.807, 2.05) is 25.9 Å². The van der Waals surface area contributed by atoms with Gasteiger partial charge in [0.1, 0.15) is 0 Å². The van der Waals surface area contributed by atoms with Gasteiger partial charge in [-0.3, -0.25) is 0 Å². The van der Waals surface area contributed by atoms with Gasteiger partial charge >= 0.3 is 0 Å². The van der Waals surface area contributed by atoms with Gasteiger partial charge in [0.25, 0.3) is 0 Å². The molecule has 0 spiro atoms. The third kappa shape index (κ3) is 2.25. The van der Waals surface area contributed by atoms with Crippen LogP contribution in [0.25, 0.3) is 11.3 Å². The largest absolute Gasteiger partial charge is 0.378 e. The summed E-state index contributed by atoms with van der Waals surface area (Å²) in [6.45, 7) is 9.91. The van der Waals surface area contributed by atoms with Crippen LogP contribution in [0.15, 0.2) is 37.4 Å². The zero-order valence-electron chi connectivity index (χ0n) is 9.17. The molecule has 0 radical (unpaired) electrons. The van der Waals surface area contributed by atoms with E-state index in [-0.39, 0.29) is 0 Å². The van der Waals surface area contributed by atoms with Gasteiger partial charge in [-0.15, -0.1) is 0 Å². The fraction of sp³-hybridized carbons (Fsp3) is 0.231. The lowest BCUT2D eigenvalue weighted by Gasteiger charge is -2.15. The first kappa shape index (κ1) is 10.6. The normalized spacial score (nSPS) is 9.64. The van der Waals surface area contributed by atoms with E-state index in [1.165, 1.54) is 5.56 Å². The number of hydrogen-bond acceptors (Lipinski definition) is 1. The van der Waals surface area contributed by atoms with Crippen LogP contribution in [0, 0.1) is 0 Å². The summed E-state index contributed by atoms with van der Waals surface area (Å²) in [6, 6.07) is 8.30. The summed E-state index contributed by atoms with van der Waals surface area (Å²) in [5.74, 6) is 0. The maximum absolute atomic E-state index is 4.00. The molecule has 1 heteroatoms. The second-order valence-corrected chi connectivity index (χ2v) is 3.70. The Bertz CT molecular complexity index is 344. The molecule has 1 aromatic carbocycles.